The smallest absolute Gasteiger partial charge is 0.116 e. The molecule has 136 valence electrons. The molecule has 1 atom stereocenters. The third-order valence-corrected chi connectivity index (χ3v) is 4.85. The Morgan fingerprint density at radius 1 is 0.808 bits per heavy atom. The van der Waals surface area contributed by atoms with E-state index in [0.717, 1.165) is 32.5 Å². The summed E-state index contributed by atoms with van der Waals surface area (Å²) in [4.78, 5) is 2.17. The quantitative estimate of drug-likeness (QED) is 0.569. The number of nitrogens with zero attached hydrogens (tertiary/aromatic N) is 2. The Labute approximate surface area is 156 Å². The van der Waals surface area contributed by atoms with Crippen LogP contribution in [0.25, 0.3) is 0 Å². The van der Waals surface area contributed by atoms with Crippen LogP contribution in [0.4, 0.5) is 0 Å². The molecule has 1 N–H and O–H groups in total. The maximum Gasteiger partial charge on any atom is 0.116 e. The second kappa shape index (κ2) is 8.84. The summed E-state index contributed by atoms with van der Waals surface area (Å²) in [6.45, 7) is 4.32. The Morgan fingerprint density at radius 2 is 1.31 bits per heavy atom. The first kappa shape index (κ1) is 18.4. The van der Waals surface area contributed by atoms with Crippen molar-refractivity contribution in [3.63, 3.8) is 0 Å². The SMILES string of the molecule is C[C@](O)(CCCn1cccc1)N(Cc1ccccc1)Cc1ccccc1. The standard InChI is InChI=1S/C23H28N2O/c1-23(26,15-10-18-24-16-8-9-17-24)25(19-21-11-4-2-5-12-21)20-22-13-6-3-7-14-22/h2-9,11-14,16-17,26H,10,15,18-20H2,1H3/t23-/m0/s1. The first-order valence-electron chi connectivity index (χ1n) is 9.29. The van der Waals surface area contributed by atoms with E-state index in [-0.39, 0.29) is 0 Å². The summed E-state index contributed by atoms with van der Waals surface area (Å²) in [6.07, 6.45) is 5.80. The molecular weight excluding hydrogens is 320 g/mol. The van der Waals surface area contributed by atoms with Crippen LogP contribution in [-0.2, 0) is 19.6 Å². The molecule has 0 saturated carbocycles. The van der Waals surface area contributed by atoms with Crippen LogP contribution in [0.2, 0.25) is 0 Å². The molecule has 2 aromatic carbocycles. The molecule has 3 aromatic rings. The summed E-state index contributed by atoms with van der Waals surface area (Å²) in [5.41, 5.74) is 1.57. The number of hydrogen-bond donors (Lipinski definition) is 1. The molecule has 0 bridgehead atoms. The molecule has 0 aliphatic rings. The van der Waals surface area contributed by atoms with Crippen LogP contribution in [0.15, 0.2) is 85.2 Å². The molecule has 0 radical (unpaired) electrons. The minimum absolute atomic E-state index is 0.727. The van der Waals surface area contributed by atoms with Gasteiger partial charge in [0.1, 0.15) is 5.72 Å². The predicted octanol–water partition coefficient (Wildman–Crippen LogP) is 4.68. The maximum absolute atomic E-state index is 11.2. The molecule has 3 nitrogen and oxygen atoms in total. The van der Waals surface area contributed by atoms with Crippen molar-refractivity contribution in [2.24, 2.45) is 0 Å². The lowest BCUT2D eigenvalue weighted by Crippen LogP contribution is -2.45. The Morgan fingerprint density at radius 3 is 1.81 bits per heavy atom. The van der Waals surface area contributed by atoms with E-state index < -0.39 is 5.72 Å². The summed E-state index contributed by atoms with van der Waals surface area (Å²) in [6, 6.07) is 24.8. The number of aliphatic hydroxyl groups is 1. The average molecular weight is 348 g/mol. The second-order valence-corrected chi connectivity index (χ2v) is 7.07. The Kier molecular flexibility index (Phi) is 6.26. The molecule has 0 saturated heterocycles. The zero-order valence-corrected chi connectivity index (χ0v) is 15.5. The van der Waals surface area contributed by atoms with Gasteiger partial charge in [0.2, 0.25) is 0 Å². The van der Waals surface area contributed by atoms with Crippen LogP contribution in [-0.4, -0.2) is 20.3 Å². The monoisotopic (exact) mass is 348 g/mol. The molecule has 3 rings (SSSR count). The van der Waals surface area contributed by atoms with Gasteiger partial charge in [-0.3, -0.25) is 4.90 Å². The predicted molar refractivity (Wildman–Crippen MR) is 106 cm³/mol. The zero-order chi connectivity index (χ0) is 18.2. The average Bonchev–Trinajstić information content (AvgIpc) is 3.16. The fourth-order valence-corrected chi connectivity index (χ4v) is 3.28. The van der Waals surface area contributed by atoms with Crippen molar-refractivity contribution >= 4 is 0 Å². The third-order valence-electron chi connectivity index (χ3n) is 4.85. The maximum atomic E-state index is 11.2. The molecule has 0 unspecified atom stereocenters. The van der Waals surface area contributed by atoms with Gasteiger partial charge in [-0.1, -0.05) is 60.7 Å². The fraction of sp³-hybridized carbons (Fsp3) is 0.304. The van der Waals surface area contributed by atoms with Crippen molar-refractivity contribution in [1.82, 2.24) is 9.47 Å². The first-order chi connectivity index (χ1) is 12.6. The lowest BCUT2D eigenvalue weighted by atomic mass is 10.0. The first-order valence-corrected chi connectivity index (χ1v) is 9.29. The number of aromatic nitrogens is 1. The van der Waals surface area contributed by atoms with E-state index in [2.05, 4.69) is 70.4 Å². The van der Waals surface area contributed by atoms with Gasteiger partial charge in [-0.2, -0.15) is 0 Å². The van der Waals surface area contributed by atoms with Crippen LogP contribution in [0.3, 0.4) is 0 Å². The minimum atomic E-state index is -0.862. The number of benzene rings is 2. The normalized spacial score (nSPS) is 13.7. The van der Waals surface area contributed by atoms with E-state index in [1.807, 2.05) is 31.2 Å². The van der Waals surface area contributed by atoms with Crippen LogP contribution < -0.4 is 0 Å². The van der Waals surface area contributed by atoms with Crippen molar-refractivity contribution in [1.29, 1.82) is 0 Å². The van der Waals surface area contributed by atoms with Gasteiger partial charge in [0.25, 0.3) is 0 Å². The molecule has 0 spiro atoms. The Bertz CT molecular complexity index is 710. The van der Waals surface area contributed by atoms with Gasteiger partial charge in [-0.25, -0.2) is 0 Å². The third kappa shape index (κ3) is 5.32. The Hall–Kier alpha value is -2.36. The van der Waals surface area contributed by atoms with Gasteiger partial charge in [-0.05, 0) is 43.0 Å². The largest absolute Gasteiger partial charge is 0.376 e. The van der Waals surface area contributed by atoms with Crippen molar-refractivity contribution < 1.29 is 5.11 Å². The van der Waals surface area contributed by atoms with Crippen LogP contribution in [0.1, 0.15) is 30.9 Å². The molecule has 1 heterocycles. The van der Waals surface area contributed by atoms with E-state index in [1.165, 1.54) is 11.1 Å². The summed E-state index contributed by atoms with van der Waals surface area (Å²) in [7, 11) is 0. The van der Waals surface area contributed by atoms with Crippen molar-refractivity contribution in [2.45, 2.75) is 45.1 Å². The van der Waals surface area contributed by atoms with Gasteiger partial charge in [0.05, 0.1) is 0 Å². The van der Waals surface area contributed by atoms with E-state index in [1.54, 1.807) is 0 Å². The van der Waals surface area contributed by atoms with Gasteiger partial charge >= 0.3 is 0 Å². The molecule has 1 aromatic heterocycles. The topological polar surface area (TPSA) is 28.4 Å². The van der Waals surface area contributed by atoms with Gasteiger partial charge in [0, 0.05) is 32.0 Å². The molecule has 0 aliphatic heterocycles. The van der Waals surface area contributed by atoms with E-state index in [0.29, 0.717) is 0 Å². The molecule has 0 amide bonds. The Balaban J connectivity index is 1.69. The van der Waals surface area contributed by atoms with Crippen LogP contribution >= 0.6 is 0 Å². The van der Waals surface area contributed by atoms with Crippen molar-refractivity contribution in [3.8, 4) is 0 Å². The van der Waals surface area contributed by atoms with E-state index in [4.69, 9.17) is 0 Å². The second-order valence-electron chi connectivity index (χ2n) is 7.07. The van der Waals surface area contributed by atoms with Crippen molar-refractivity contribution in [2.75, 3.05) is 0 Å². The minimum Gasteiger partial charge on any atom is -0.376 e. The lowest BCUT2D eigenvalue weighted by Gasteiger charge is -2.37. The zero-order valence-electron chi connectivity index (χ0n) is 15.5. The highest BCUT2D eigenvalue weighted by atomic mass is 16.3. The van der Waals surface area contributed by atoms with Crippen molar-refractivity contribution in [3.05, 3.63) is 96.3 Å². The molecule has 3 heteroatoms. The molecule has 26 heavy (non-hydrogen) atoms. The van der Waals surface area contributed by atoms with Gasteiger partial charge in [0.15, 0.2) is 0 Å². The highest BCUT2D eigenvalue weighted by Gasteiger charge is 2.28. The number of aryl methyl sites for hydroxylation is 1. The lowest BCUT2D eigenvalue weighted by molar-refractivity contribution is -0.111. The molecule has 0 fully saturated rings. The summed E-state index contributed by atoms with van der Waals surface area (Å²) < 4.78 is 2.16. The van der Waals surface area contributed by atoms with Crippen LogP contribution in [0, 0.1) is 0 Å². The highest BCUT2D eigenvalue weighted by molar-refractivity contribution is 5.17. The van der Waals surface area contributed by atoms with Gasteiger partial charge in [-0.15, -0.1) is 0 Å². The van der Waals surface area contributed by atoms with Crippen LogP contribution in [0.5, 0.6) is 0 Å². The molecular formula is C23H28N2O. The van der Waals surface area contributed by atoms with Gasteiger partial charge < -0.3 is 9.67 Å². The summed E-state index contributed by atoms with van der Waals surface area (Å²) in [5.74, 6) is 0. The van der Waals surface area contributed by atoms with E-state index in [9.17, 15) is 5.11 Å². The number of rotatable bonds is 9. The summed E-state index contributed by atoms with van der Waals surface area (Å²) in [5, 5.41) is 11.2. The van der Waals surface area contributed by atoms with E-state index >= 15 is 0 Å². The highest BCUT2D eigenvalue weighted by Crippen LogP contribution is 2.24. The molecule has 0 aliphatic carbocycles. The fourth-order valence-electron chi connectivity index (χ4n) is 3.28. The summed E-state index contributed by atoms with van der Waals surface area (Å²) >= 11 is 0. The number of hydrogen-bond acceptors (Lipinski definition) is 2.